The van der Waals surface area contributed by atoms with Crippen molar-refractivity contribution in [1.29, 1.82) is 0 Å². The predicted octanol–water partition coefficient (Wildman–Crippen LogP) is 2.41. The molecule has 3 rings (SSSR count). The molecule has 1 aromatic carbocycles. The average Bonchev–Trinajstić information content (AvgIpc) is 2.52. The van der Waals surface area contributed by atoms with Crippen LogP contribution in [0.25, 0.3) is 0 Å². The summed E-state index contributed by atoms with van der Waals surface area (Å²) in [6.45, 7) is 1.63. The average molecular weight is 316 g/mol. The molecule has 23 heavy (non-hydrogen) atoms. The summed E-state index contributed by atoms with van der Waals surface area (Å²) < 4.78 is 20.9. The fourth-order valence-electron chi connectivity index (χ4n) is 2.80. The Morgan fingerprint density at radius 3 is 2.61 bits per heavy atom. The minimum atomic E-state index is -0.504. The zero-order valence-corrected chi connectivity index (χ0v) is 13.0. The van der Waals surface area contributed by atoms with Crippen molar-refractivity contribution in [1.82, 2.24) is 0 Å². The Kier molecular flexibility index (Phi) is 3.82. The van der Waals surface area contributed by atoms with Gasteiger partial charge in [-0.3, -0.25) is 4.79 Å². The molecule has 2 aromatic rings. The lowest BCUT2D eigenvalue weighted by Crippen LogP contribution is -2.27. The molecule has 0 spiro atoms. The van der Waals surface area contributed by atoms with E-state index < -0.39 is 17.5 Å². The molecule has 1 aliphatic heterocycles. The van der Waals surface area contributed by atoms with Gasteiger partial charge in [0.25, 0.3) is 0 Å². The van der Waals surface area contributed by atoms with Crippen molar-refractivity contribution in [2.75, 3.05) is 14.2 Å². The van der Waals surface area contributed by atoms with E-state index in [0.29, 0.717) is 28.4 Å². The molecule has 0 amide bonds. The van der Waals surface area contributed by atoms with E-state index in [9.17, 15) is 9.59 Å². The fraction of sp³-hybridized carbons (Fsp3) is 0.294. The lowest BCUT2D eigenvalue weighted by molar-refractivity contribution is -0.135. The van der Waals surface area contributed by atoms with Crippen LogP contribution in [0.3, 0.4) is 0 Å². The van der Waals surface area contributed by atoms with Crippen LogP contribution in [0.1, 0.15) is 29.2 Å². The molecule has 2 heterocycles. The number of methoxy groups -OCH3 is 2. The highest BCUT2D eigenvalue weighted by Crippen LogP contribution is 2.41. The van der Waals surface area contributed by atoms with Gasteiger partial charge in [0.2, 0.25) is 0 Å². The summed E-state index contributed by atoms with van der Waals surface area (Å²) >= 11 is 0. The van der Waals surface area contributed by atoms with Gasteiger partial charge in [0.05, 0.1) is 26.2 Å². The molecule has 0 fully saturated rings. The minimum Gasteiger partial charge on any atom is -0.497 e. The molecule has 0 radical (unpaired) electrons. The van der Waals surface area contributed by atoms with Crippen molar-refractivity contribution < 1.29 is 23.4 Å². The van der Waals surface area contributed by atoms with Gasteiger partial charge in [-0.05, 0) is 13.0 Å². The third kappa shape index (κ3) is 2.67. The molecular weight excluding hydrogens is 300 g/mol. The molecule has 0 saturated heterocycles. The second kappa shape index (κ2) is 5.79. The highest BCUT2D eigenvalue weighted by atomic mass is 16.5. The first-order chi connectivity index (χ1) is 11.0. The molecule has 0 N–H and O–H groups in total. The molecule has 1 unspecified atom stereocenters. The van der Waals surface area contributed by atoms with Crippen LogP contribution in [0, 0.1) is 6.92 Å². The van der Waals surface area contributed by atoms with Gasteiger partial charge in [-0.15, -0.1) is 0 Å². The van der Waals surface area contributed by atoms with Gasteiger partial charge in [-0.2, -0.15) is 0 Å². The third-order valence-corrected chi connectivity index (χ3v) is 3.83. The molecule has 1 atom stereocenters. The number of carbonyl (C=O) groups excluding carboxylic acids is 1. The Hall–Kier alpha value is -2.76. The number of rotatable bonds is 3. The Labute approximate surface area is 132 Å². The van der Waals surface area contributed by atoms with Crippen LogP contribution in [0.2, 0.25) is 0 Å². The predicted molar refractivity (Wildman–Crippen MR) is 81.4 cm³/mol. The first kappa shape index (κ1) is 15.1. The largest absolute Gasteiger partial charge is 0.497 e. The standard InChI is InChI=1S/C17H16O6/c1-9-6-14-16(17(19)22-9)12(8-15(18)23-14)11-5-4-10(20-2)7-13(11)21-3/h4-7,12H,8H2,1-3H3. The quantitative estimate of drug-likeness (QED) is 0.810. The Bertz CT molecular complexity index is 820. The number of hydrogen-bond donors (Lipinski definition) is 0. The number of esters is 1. The second-order valence-corrected chi connectivity index (χ2v) is 5.26. The SMILES string of the molecule is COc1ccc(C2CC(=O)Oc3cc(C)oc(=O)c32)c(OC)c1. The van der Waals surface area contributed by atoms with Gasteiger partial charge in [0.1, 0.15) is 23.0 Å². The van der Waals surface area contributed by atoms with E-state index in [-0.39, 0.29) is 12.2 Å². The number of fused-ring (bicyclic) bond motifs is 1. The second-order valence-electron chi connectivity index (χ2n) is 5.26. The maximum absolute atomic E-state index is 12.3. The summed E-state index contributed by atoms with van der Waals surface area (Å²) in [5, 5.41) is 0. The maximum atomic E-state index is 12.3. The molecule has 6 nitrogen and oxygen atoms in total. The Balaban J connectivity index is 2.19. The van der Waals surface area contributed by atoms with Crippen molar-refractivity contribution in [3.05, 3.63) is 51.6 Å². The molecule has 0 saturated carbocycles. The Morgan fingerprint density at radius 2 is 1.91 bits per heavy atom. The fourth-order valence-corrected chi connectivity index (χ4v) is 2.80. The van der Waals surface area contributed by atoms with Crippen LogP contribution in [0.15, 0.2) is 33.5 Å². The van der Waals surface area contributed by atoms with E-state index in [2.05, 4.69) is 0 Å². The molecule has 1 aromatic heterocycles. The monoisotopic (exact) mass is 316 g/mol. The van der Waals surface area contributed by atoms with E-state index in [1.807, 2.05) is 0 Å². The highest BCUT2D eigenvalue weighted by molar-refractivity contribution is 5.77. The van der Waals surface area contributed by atoms with Crippen LogP contribution in [-0.2, 0) is 4.79 Å². The topological polar surface area (TPSA) is 75.0 Å². The molecule has 0 bridgehead atoms. The molecular formula is C17H16O6. The van der Waals surface area contributed by atoms with E-state index in [1.54, 1.807) is 38.3 Å². The lowest BCUT2D eigenvalue weighted by atomic mass is 9.86. The van der Waals surface area contributed by atoms with Crippen molar-refractivity contribution in [3.8, 4) is 17.2 Å². The number of benzene rings is 1. The van der Waals surface area contributed by atoms with E-state index >= 15 is 0 Å². The van der Waals surface area contributed by atoms with Crippen molar-refractivity contribution in [3.63, 3.8) is 0 Å². The van der Waals surface area contributed by atoms with Gasteiger partial charge in [0.15, 0.2) is 0 Å². The zero-order chi connectivity index (χ0) is 16.6. The number of aryl methyl sites for hydroxylation is 1. The molecule has 120 valence electrons. The molecule has 0 aliphatic carbocycles. The van der Waals surface area contributed by atoms with Crippen LogP contribution >= 0.6 is 0 Å². The summed E-state index contributed by atoms with van der Waals surface area (Å²) in [5.41, 5.74) is 0.538. The normalized spacial score (nSPS) is 16.5. The van der Waals surface area contributed by atoms with Crippen molar-refractivity contribution >= 4 is 5.97 Å². The van der Waals surface area contributed by atoms with Crippen LogP contribution in [0.4, 0.5) is 0 Å². The number of carbonyl (C=O) groups is 1. The van der Waals surface area contributed by atoms with Crippen LogP contribution in [0.5, 0.6) is 17.2 Å². The molecule has 1 aliphatic rings. The van der Waals surface area contributed by atoms with E-state index in [1.165, 1.54) is 7.11 Å². The summed E-state index contributed by atoms with van der Waals surface area (Å²) in [7, 11) is 3.08. The van der Waals surface area contributed by atoms with Gasteiger partial charge in [-0.25, -0.2) is 4.79 Å². The Morgan fingerprint density at radius 1 is 1.13 bits per heavy atom. The third-order valence-electron chi connectivity index (χ3n) is 3.83. The smallest absolute Gasteiger partial charge is 0.343 e. The van der Waals surface area contributed by atoms with Gasteiger partial charge < -0.3 is 18.6 Å². The van der Waals surface area contributed by atoms with Crippen LogP contribution in [-0.4, -0.2) is 20.2 Å². The first-order valence-electron chi connectivity index (χ1n) is 7.10. The summed E-state index contributed by atoms with van der Waals surface area (Å²) in [5.74, 6) is 0.922. The number of hydrogen-bond acceptors (Lipinski definition) is 6. The van der Waals surface area contributed by atoms with E-state index in [4.69, 9.17) is 18.6 Å². The maximum Gasteiger partial charge on any atom is 0.343 e. The van der Waals surface area contributed by atoms with Gasteiger partial charge in [-0.1, -0.05) is 6.07 Å². The first-order valence-corrected chi connectivity index (χ1v) is 7.10. The van der Waals surface area contributed by atoms with E-state index in [0.717, 1.165) is 0 Å². The van der Waals surface area contributed by atoms with Crippen molar-refractivity contribution in [2.45, 2.75) is 19.3 Å². The summed E-state index contributed by atoms with van der Waals surface area (Å²) in [6.07, 6.45) is 0.0451. The zero-order valence-electron chi connectivity index (χ0n) is 13.0. The summed E-state index contributed by atoms with van der Waals surface area (Å²) in [4.78, 5) is 24.2. The summed E-state index contributed by atoms with van der Waals surface area (Å²) in [6, 6.07) is 6.80. The van der Waals surface area contributed by atoms with Crippen molar-refractivity contribution in [2.24, 2.45) is 0 Å². The van der Waals surface area contributed by atoms with Gasteiger partial charge in [0, 0.05) is 23.6 Å². The van der Waals surface area contributed by atoms with Crippen LogP contribution < -0.4 is 19.8 Å². The van der Waals surface area contributed by atoms with Gasteiger partial charge >= 0.3 is 11.6 Å². The highest BCUT2D eigenvalue weighted by Gasteiger charge is 2.34. The molecule has 6 heteroatoms. The lowest BCUT2D eigenvalue weighted by Gasteiger charge is -2.25. The number of ether oxygens (including phenoxy) is 3. The minimum absolute atomic E-state index is 0.0451.